The van der Waals surface area contributed by atoms with E-state index in [2.05, 4.69) is 0 Å². The van der Waals surface area contributed by atoms with Crippen molar-refractivity contribution in [3.8, 4) is 5.75 Å². The van der Waals surface area contributed by atoms with Crippen molar-refractivity contribution in [3.05, 3.63) is 23.8 Å². The number of carboxylic acid groups (broad SMARTS) is 1. The Balaban J connectivity index is 3.12. The first-order chi connectivity index (χ1) is 8.96. The summed E-state index contributed by atoms with van der Waals surface area (Å²) >= 11 is 0. The van der Waals surface area contributed by atoms with Gasteiger partial charge in [0, 0.05) is 0 Å². The number of carbonyl (C=O) groups excluding carboxylic acids is 1. The lowest BCUT2D eigenvalue weighted by molar-refractivity contribution is -0.184. The lowest BCUT2D eigenvalue weighted by Crippen LogP contribution is -2.59. The lowest BCUT2D eigenvalue weighted by atomic mass is 10.0. The third kappa shape index (κ3) is 2.99. The van der Waals surface area contributed by atoms with Crippen LogP contribution in [0.25, 0.3) is 0 Å². The zero-order valence-corrected chi connectivity index (χ0v) is 10.2. The van der Waals surface area contributed by atoms with Gasteiger partial charge in [0.15, 0.2) is 5.54 Å². The molecule has 0 saturated heterocycles. The second-order valence-electron chi connectivity index (χ2n) is 4.19. The molecule has 0 fully saturated rings. The van der Waals surface area contributed by atoms with Gasteiger partial charge in [-0.05, 0) is 25.1 Å². The number of hydrogen-bond acceptors (Lipinski definition) is 4. The fourth-order valence-electron chi connectivity index (χ4n) is 1.20. The van der Waals surface area contributed by atoms with Crippen LogP contribution in [-0.2, 0) is 4.79 Å². The Morgan fingerprint density at radius 3 is 2.30 bits per heavy atom. The van der Waals surface area contributed by atoms with E-state index < -0.39 is 40.6 Å². The molecular weight excluding hydrogens is 281 g/mol. The van der Waals surface area contributed by atoms with Gasteiger partial charge >= 0.3 is 12.1 Å². The maximum absolute atomic E-state index is 12.6. The molecule has 1 unspecified atom stereocenters. The number of halogens is 3. The van der Waals surface area contributed by atoms with Crippen LogP contribution >= 0.6 is 0 Å². The predicted octanol–water partition coefficient (Wildman–Crippen LogP) is 1.31. The van der Waals surface area contributed by atoms with Gasteiger partial charge in [0.2, 0.25) is 0 Å². The number of hydrogen-bond donors (Lipinski definition) is 4. The number of carbonyl (C=O) groups is 2. The quantitative estimate of drug-likeness (QED) is 0.627. The monoisotopic (exact) mass is 292 g/mol. The van der Waals surface area contributed by atoms with Crippen LogP contribution < -0.4 is 11.1 Å². The van der Waals surface area contributed by atoms with Crippen molar-refractivity contribution < 1.29 is 33.0 Å². The minimum Gasteiger partial charge on any atom is -0.508 e. The topological polar surface area (TPSA) is 113 Å². The summed E-state index contributed by atoms with van der Waals surface area (Å²) in [6.45, 7) is 0.461. The van der Waals surface area contributed by atoms with Crippen molar-refractivity contribution >= 4 is 17.6 Å². The fraction of sp³-hybridized carbons (Fsp3) is 0.273. The molecule has 0 bridgehead atoms. The summed E-state index contributed by atoms with van der Waals surface area (Å²) in [4.78, 5) is 22.4. The zero-order valence-electron chi connectivity index (χ0n) is 10.2. The molecule has 9 heteroatoms. The van der Waals surface area contributed by atoms with Gasteiger partial charge in [-0.3, -0.25) is 4.79 Å². The highest BCUT2D eigenvalue weighted by Crippen LogP contribution is 2.30. The second kappa shape index (κ2) is 5.00. The molecule has 5 N–H and O–H groups in total. The van der Waals surface area contributed by atoms with Gasteiger partial charge in [-0.15, -0.1) is 0 Å². The molecule has 0 aliphatic carbocycles. The van der Waals surface area contributed by atoms with Gasteiger partial charge in [-0.1, -0.05) is 0 Å². The van der Waals surface area contributed by atoms with Crippen LogP contribution in [0.2, 0.25) is 0 Å². The minimum atomic E-state index is -5.00. The van der Waals surface area contributed by atoms with Gasteiger partial charge in [-0.25, -0.2) is 4.79 Å². The van der Waals surface area contributed by atoms with Gasteiger partial charge in [0.25, 0.3) is 5.91 Å². The summed E-state index contributed by atoms with van der Waals surface area (Å²) in [7, 11) is 0. The Bertz CT molecular complexity index is 555. The molecule has 110 valence electrons. The van der Waals surface area contributed by atoms with E-state index in [1.165, 1.54) is 0 Å². The summed E-state index contributed by atoms with van der Waals surface area (Å²) < 4.78 is 37.7. The summed E-state index contributed by atoms with van der Waals surface area (Å²) in [6, 6.07) is 2.77. The van der Waals surface area contributed by atoms with Gasteiger partial charge in [-0.2, -0.15) is 13.2 Å². The smallest absolute Gasteiger partial charge is 0.415 e. The normalized spacial score (nSPS) is 14.4. The van der Waals surface area contributed by atoms with E-state index in [1.807, 2.05) is 0 Å². The number of rotatable bonds is 3. The van der Waals surface area contributed by atoms with Crippen LogP contribution in [0.5, 0.6) is 5.75 Å². The van der Waals surface area contributed by atoms with E-state index in [1.54, 1.807) is 5.32 Å². The first-order valence-electron chi connectivity index (χ1n) is 5.20. The summed E-state index contributed by atoms with van der Waals surface area (Å²) in [6.07, 6.45) is -5.00. The number of amides is 1. The molecule has 0 aliphatic rings. The number of phenols is 1. The molecule has 0 heterocycles. The highest BCUT2D eigenvalue weighted by molar-refractivity contribution is 6.04. The van der Waals surface area contributed by atoms with Gasteiger partial charge < -0.3 is 21.3 Å². The standard InChI is InChI=1S/C11H11F3N2O4/c1-10(15,11(12,13)14)9(20)16-7-3-2-5(17)4-6(7)8(18)19/h2-4,17H,15H2,1H3,(H,16,20)(H,18,19). The van der Waals surface area contributed by atoms with Crippen LogP contribution in [0.3, 0.4) is 0 Å². The Kier molecular flexibility index (Phi) is 3.94. The Morgan fingerprint density at radius 2 is 1.85 bits per heavy atom. The average molecular weight is 292 g/mol. The molecule has 1 aromatic carbocycles. The minimum absolute atomic E-state index is 0.402. The van der Waals surface area contributed by atoms with Crippen molar-refractivity contribution in [2.24, 2.45) is 5.73 Å². The first kappa shape index (κ1) is 15.8. The number of anilines is 1. The van der Waals surface area contributed by atoms with Crippen LogP contribution in [0.15, 0.2) is 18.2 Å². The molecular formula is C11H11F3N2O4. The van der Waals surface area contributed by atoms with E-state index in [4.69, 9.17) is 15.9 Å². The molecule has 0 saturated carbocycles. The molecule has 1 aromatic rings. The number of carboxylic acids is 1. The molecule has 6 nitrogen and oxygen atoms in total. The third-order valence-electron chi connectivity index (χ3n) is 2.54. The van der Waals surface area contributed by atoms with Crippen molar-refractivity contribution in [1.82, 2.24) is 0 Å². The number of nitrogens with one attached hydrogen (secondary N) is 1. The Hall–Kier alpha value is -2.29. The molecule has 0 radical (unpaired) electrons. The second-order valence-corrected chi connectivity index (χ2v) is 4.19. The van der Waals surface area contributed by atoms with Crippen molar-refractivity contribution in [1.29, 1.82) is 0 Å². The number of alkyl halides is 3. The predicted molar refractivity (Wildman–Crippen MR) is 62.3 cm³/mol. The molecule has 1 rings (SSSR count). The molecule has 20 heavy (non-hydrogen) atoms. The average Bonchev–Trinajstić information content (AvgIpc) is 2.29. The Morgan fingerprint density at radius 1 is 1.30 bits per heavy atom. The molecule has 0 spiro atoms. The summed E-state index contributed by atoms with van der Waals surface area (Å²) in [5.74, 6) is -3.55. The highest BCUT2D eigenvalue weighted by atomic mass is 19.4. The lowest BCUT2D eigenvalue weighted by Gasteiger charge is -2.26. The number of aromatic hydroxyl groups is 1. The van der Waals surface area contributed by atoms with Crippen molar-refractivity contribution in [2.75, 3.05) is 5.32 Å². The number of nitrogens with two attached hydrogens (primary N) is 1. The first-order valence-corrected chi connectivity index (χ1v) is 5.20. The number of benzene rings is 1. The van der Waals surface area contributed by atoms with Crippen molar-refractivity contribution in [3.63, 3.8) is 0 Å². The van der Waals surface area contributed by atoms with Crippen LogP contribution in [0.1, 0.15) is 17.3 Å². The van der Waals surface area contributed by atoms with Gasteiger partial charge in [0.05, 0.1) is 11.3 Å². The summed E-state index contributed by atoms with van der Waals surface area (Å²) in [5, 5.41) is 19.8. The molecule has 0 aliphatic heterocycles. The third-order valence-corrected chi connectivity index (χ3v) is 2.54. The summed E-state index contributed by atoms with van der Waals surface area (Å²) in [5.41, 5.74) is 0.767. The molecule has 1 amide bonds. The van der Waals surface area contributed by atoms with Crippen molar-refractivity contribution in [2.45, 2.75) is 18.6 Å². The zero-order chi connectivity index (χ0) is 15.7. The van der Waals surface area contributed by atoms with E-state index in [-0.39, 0.29) is 0 Å². The molecule has 0 aromatic heterocycles. The maximum Gasteiger partial charge on any atom is 0.415 e. The van der Waals surface area contributed by atoms with Gasteiger partial charge in [0.1, 0.15) is 5.75 Å². The SMILES string of the molecule is CC(N)(C(=O)Nc1ccc(O)cc1C(=O)O)C(F)(F)F. The number of aromatic carboxylic acids is 1. The maximum atomic E-state index is 12.6. The van der Waals surface area contributed by atoms with Crippen LogP contribution in [0, 0.1) is 0 Å². The van der Waals surface area contributed by atoms with E-state index in [0.717, 1.165) is 18.2 Å². The van der Waals surface area contributed by atoms with E-state index >= 15 is 0 Å². The largest absolute Gasteiger partial charge is 0.508 e. The van der Waals surface area contributed by atoms with E-state index in [9.17, 15) is 22.8 Å². The highest BCUT2D eigenvalue weighted by Gasteiger charge is 2.54. The fourth-order valence-corrected chi connectivity index (χ4v) is 1.20. The van der Waals surface area contributed by atoms with Crippen LogP contribution in [-0.4, -0.2) is 33.8 Å². The van der Waals surface area contributed by atoms with Crippen LogP contribution in [0.4, 0.5) is 18.9 Å². The molecule has 1 atom stereocenters. The Labute approximate surface area is 111 Å². The number of phenolic OH excluding ortho intramolecular Hbond substituents is 1. The van der Waals surface area contributed by atoms with E-state index in [0.29, 0.717) is 6.92 Å².